The maximum absolute atomic E-state index is 13.1. The minimum absolute atomic E-state index is 0.00735. The van der Waals surface area contributed by atoms with Crippen molar-refractivity contribution in [3.8, 4) is 5.75 Å². The molecule has 158 valence electrons. The van der Waals surface area contributed by atoms with Gasteiger partial charge in [0.2, 0.25) is 0 Å². The molecule has 0 saturated carbocycles. The SMILES string of the molecule is CCOc1cccc(CN2CCC(N3Cc4cccc(C(=O)NC)c4C3=O)CC2)c1. The molecule has 1 N–H and O–H groups in total. The van der Waals surface area contributed by atoms with E-state index in [1.165, 1.54) is 5.56 Å². The maximum Gasteiger partial charge on any atom is 0.255 e. The quantitative estimate of drug-likeness (QED) is 0.800. The largest absolute Gasteiger partial charge is 0.494 e. The normalized spacial score (nSPS) is 17.1. The van der Waals surface area contributed by atoms with Crippen molar-refractivity contribution in [2.45, 2.75) is 38.9 Å². The minimum atomic E-state index is -0.203. The van der Waals surface area contributed by atoms with E-state index in [2.05, 4.69) is 22.3 Å². The lowest BCUT2D eigenvalue weighted by atomic mass is 10.0. The molecule has 2 aliphatic heterocycles. The molecule has 4 rings (SSSR count). The van der Waals surface area contributed by atoms with Crippen molar-refractivity contribution in [3.05, 3.63) is 64.7 Å². The van der Waals surface area contributed by atoms with Gasteiger partial charge < -0.3 is 15.0 Å². The highest BCUT2D eigenvalue weighted by atomic mass is 16.5. The van der Waals surface area contributed by atoms with Crippen molar-refractivity contribution in [1.29, 1.82) is 0 Å². The van der Waals surface area contributed by atoms with Crippen LogP contribution in [0.15, 0.2) is 42.5 Å². The third-order valence-electron chi connectivity index (χ3n) is 6.05. The summed E-state index contributed by atoms with van der Waals surface area (Å²) in [7, 11) is 1.60. The van der Waals surface area contributed by atoms with Crippen molar-refractivity contribution in [2.24, 2.45) is 0 Å². The van der Waals surface area contributed by atoms with Crippen LogP contribution in [0, 0.1) is 0 Å². The van der Waals surface area contributed by atoms with Crippen LogP contribution in [0.1, 0.15) is 51.6 Å². The van der Waals surface area contributed by atoms with Gasteiger partial charge in [-0.3, -0.25) is 14.5 Å². The van der Waals surface area contributed by atoms with E-state index in [0.717, 1.165) is 43.8 Å². The molecule has 0 unspecified atom stereocenters. The molecule has 2 amide bonds. The smallest absolute Gasteiger partial charge is 0.255 e. The topological polar surface area (TPSA) is 61.9 Å². The summed E-state index contributed by atoms with van der Waals surface area (Å²) in [5, 5.41) is 2.64. The Labute approximate surface area is 177 Å². The van der Waals surface area contributed by atoms with Crippen molar-refractivity contribution in [3.63, 3.8) is 0 Å². The highest BCUT2D eigenvalue weighted by molar-refractivity contribution is 6.09. The molecule has 2 aromatic carbocycles. The number of hydrogen-bond acceptors (Lipinski definition) is 4. The molecule has 6 nitrogen and oxygen atoms in total. The van der Waals surface area contributed by atoms with E-state index in [0.29, 0.717) is 24.3 Å². The second kappa shape index (κ2) is 8.88. The lowest BCUT2D eigenvalue weighted by Gasteiger charge is -2.36. The number of ether oxygens (including phenoxy) is 1. The Bertz CT molecular complexity index is 935. The number of nitrogens with one attached hydrogen (secondary N) is 1. The van der Waals surface area contributed by atoms with E-state index in [1.54, 1.807) is 13.1 Å². The van der Waals surface area contributed by atoms with Crippen LogP contribution in [0.25, 0.3) is 0 Å². The van der Waals surface area contributed by atoms with Gasteiger partial charge in [0.1, 0.15) is 5.75 Å². The number of fused-ring (bicyclic) bond motifs is 1. The van der Waals surface area contributed by atoms with Gasteiger partial charge in [-0.1, -0.05) is 24.3 Å². The van der Waals surface area contributed by atoms with Crippen LogP contribution in [0.3, 0.4) is 0 Å². The van der Waals surface area contributed by atoms with Gasteiger partial charge in [0, 0.05) is 39.3 Å². The van der Waals surface area contributed by atoms with Gasteiger partial charge in [-0.15, -0.1) is 0 Å². The third kappa shape index (κ3) is 4.05. The highest BCUT2D eigenvalue weighted by Gasteiger charge is 2.36. The zero-order chi connectivity index (χ0) is 21.1. The highest BCUT2D eigenvalue weighted by Crippen LogP contribution is 2.31. The van der Waals surface area contributed by atoms with Gasteiger partial charge in [0.05, 0.1) is 17.7 Å². The number of piperidine rings is 1. The minimum Gasteiger partial charge on any atom is -0.494 e. The lowest BCUT2D eigenvalue weighted by molar-refractivity contribution is 0.0588. The van der Waals surface area contributed by atoms with Crippen LogP contribution < -0.4 is 10.1 Å². The third-order valence-corrected chi connectivity index (χ3v) is 6.05. The van der Waals surface area contributed by atoms with Crippen molar-refractivity contribution < 1.29 is 14.3 Å². The van der Waals surface area contributed by atoms with Gasteiger partial charge >= 0.3 is 0 Å². The van der Waals surface area contributed by atoms with E-state index >= 15 is 0 Å². The molecule has 2 aromatic rings. The molecule has 1 fully saturated rings. The van der Waals surface area contributed by atoms with E-state index < -0.39 is 0 Å². The standard InChI is InChI=1S/C24H29N3O3/c1-3-30-20-8-4-6-17(14-20)15-26-12-10-19(11-13-26)27-16-18-7-5-9-21(23(28)25-2)22(18)24(27)29/h4-9,14,19H,3,10-13,15-16H2,1-2H3,(H,25,28). The predicted octanol–water partition coefficient (Wildman–Crippen LogP) is 3.07. The summed E-state index contributed by atoms with van der Waals surface area (Å²) in [6.45, 7) is 6.05. The Morgan fingerprint density at radius 2 is 1.93 bits per heavy atom. The average molecular weight is 408 g/mol. The molecular weight excluding hydrogens is 378 g/mol. The van der Waals surface area contributed by atoms with Crippen LogP contribution in [-0.4, -0.2) is 54.4 Å². The number of carbonyl (C=O) groups excluding carboxylic acids is 2. The molecule has 1 saturated heterocycles. The number of carbonyl (C=O) groups is 2. The monoisotopic (exact) mass is 407 g/mol. The number of hydrogen-bond donors (Lipinski definition) is 1. The first-order valence-corrected chi connectivity index (χ1v) is 10.7. The maximum atomic E-state index is 13.1. The first-order valence-electron chi connectivity index (χ1n) is 10.7. The molecule has 2 aliphatic rings. The number of nitrogens with zero attached hydrogens (tertiary/aromatic N) is 2. The molecule has 2 heterocycles. The van der Waals surface area contributed by atoms with Crippen LogP contribution >= 0.6 is 0 Å². The number of benzene rings is 2. The fourth-order valence-corrected chi connectivity index (χ4v) is 4.55. The zero-order valence-electron chi connectivity index (χ0n) is 17.7. The summed E-state index contributed by atoms with van der Waals surface area (Å²) in [5.41, 5.74) is 3.26. The Hall–Kier alpha value is -2.86. The van der Waals surface area contributed by atoms with E-state index in [-0.39, 0.29) is 17.9 Å². The van der Waals surface area contributed by atoms with Crippen LogP contribution in [0.4, 0.5) is 0 Å². The summed E-state index contributed by atoms with van der Waals surface area (Å²) in [6, 6.07) is 14.0. The van der Waals surface area contributed by atoms with Crippen LogP contribution in [0.5, 0.6) is 5.75 Å². The summed E-state index contributed by atoms with van der Waals surface area (Å²) in [4.78, 5) is 29.7. The molecule has 0 aromatic heterocycles. The summed E-state index contributed by atoms with van der Waals surface area (Å²) >= 11 is 0. The van der Waals surface area contributed by atoms with Crippen molar-refractivity contribution in [1.82, 2.24) is 15.1 Å². The number of rotatable bonds is 6. The van der Waals surface area contributed by atoms with Crippen LogP contribution in [-0.2, 0) is 13.1 Å². The second-order valence-corrected chi connectivity index (χ2v) is 7.94. The van der Waals surface area contributed by atoms with Crippen molar-refractivity contribution >= 4 is 11.8 Å². The molecular formula is C24H29N3O3. The Morgan fingerprint density at radius 3 is 2.67 bits per heavy atom. The molecule has 0 atom stereocenters. The lowest BCUT2D eigenvalue weighted by Crippen LogP contribution is -2.44. The van der Waals surface area contributed by atoms with Gasteiger partial charge in [0.15, 0.2) is 0 Å². The Kier molecular flexibility index (Phi) is 6.04. The van der Waals surface area contributed by atoms with Crippen molar-refractivity contribution in [2.75, 3.05) is 26.7 Å². The number of likely N-dealkylation sites (tertiary alicyclic amines) is 1. The second-order valence-electron chi connectivity index (χ2n) is 7.94. The fraction of sp³-hybridized carbons (Fsp3) is 0.417. The average Bonchev–Trinajstić information content (AvgIpc) is 3.11. The predicted molar refractivity (Wildman–Crippen MR) is 116 cm³/mol. The molecule has 0 radical (unpaired) electrons. The van der Waals surface area contributed by atoms with Gasteiger partial charge in [-0.25, -0.2) is 0 Å². The number of amides is 2. The molecule has 0 spiro atoms. The zero-order valence-corrected chi connectivity index (χ0v) is 17.7. The van der Waals surface area contributed by atoms with E-state index in [9.17, 15) is 9.59 Å². The summed E-state index contributed by atoms with van der Waals surface area (Å²) in [5.74, 6) is 0.704. The first kappa shape index (κ1) is 20.4. The van der Waals surface area contributed by atoms with E-state index in [4.69, 9.17) is 4.74 Å². The first-order chi connectivity index (χ1) is 14.6. The molecule has 30 heavy (non-hydrogen) atoms. The molecule has 6 heteroatoms. The van der Waals surface area contributed by atoms with Crippen LogP contribution in [0.2, 0.25) is 0 Å². The summed E-state index contributed by atoms with van der Waals surface area (Å²) < 4.78 is 5.61. The Balaban J connectivity index is 1.38. The van der Waals surface area contributed by atoms with E-state index in [1.807, 2.05) is 36.1 Å². The van der Waals surface area contributed by atoms with Gasteiger partial charge in [-0.05, 0) is 49.1 Å². The fourth-order valence-electron chi connectivity index (χ4n) is 4.55. The molecule has 0 bridgehead atoms. The molecule has 0 aliphatic carbocycles. The van der Waals surface area contributed by atoms with Gasteiger partial charge in [0.25, 0.3) is 11.8 Å². The van der Waals surface area contributed by atoms with Gasteiger partial charge in [-0.2, -0.15) is 0 Å². The summed E-state index contributed by atoms with van der Waals surface area (Å²) in [6.07, 6.45) is 1.89. The Morgan fingerprint density at radius 1 is 1.17 bits per heavy atom.